The van der Waals surface area contributed by atoms with Crippen molar-refractivity contribution >= 4 is 17.4 Å². The summed E-state index contributed by atoms with van der Waals surface area (Å²) in [7, 11) is 0. The van der Waals surface area contributed by atoms with Gasteiger partial charge in [0.1, 0.15) is 11.6 Å². The third-order valence-electron chi connectivity index (χ3n) is 8.72. The van der Waals surface area contributed by atoms with Crippen LogP contribution < -0.4 is 9.64 Å². The molecule has 3 aliphatic rings. The van der Waals surface area contributed by atoms with Crippen molar-refractivity contribution in [2.45, 2.75) is 77.9 Å². The molecular formula is C34H40N4O4. The number of carbonyl (C=O) groups is 1. The molecule has 6 bridgehead atoms. The maximum atomic E-state index is 11.9. The van der Waals surface area contributed by atoms with Crippen molar-refractivity contribution in [2.75, 3.05) is 24.6 Å². The third-order valence-corrected chi connectivity index (χ3v) is 8.72. The van der Waals surface area contributed by atoms with Gasteiger partial charge in [-0.25, -0.2) is 4.98 Å². The second-order valence-corrected chi connectivity index (χ2v) is 12.2. The maximum absolute atomic E-state index is 11.9. The van der Waals surface area contributed by atoms with Gasteiger partial charge in [0.25, 0.3) is 0 Å². The lowest BCUT2D eigenvalue weighted by molar-refractivity contribution is -0.136. The van der Waals surface area contributed by atoms with Crippen molar-refractivity contribution in [3.05, 3.63) is 65.4 Å². The topological polar surface area (TPSA) is 89.2 Å². The molecule has 0 amide bonds. The third kappa shape index (κ3) is 5.73. The van der Waals surface area contributed by atoms with Gasteiger partial charge in [-0.3, -0.25) is 4.79 Å². The largest absolute Gasteiger partial charge is 0.490 e. The van der Waals surface area contributed by atoms with E-state index in [1.165, 1.54) is 5.56 Å². The van der Waals surface area contributed by atoms with Gasteiger partial charge in [-0.1, -0.05) is 29.8 Å². The van der Waals surface area contributed by atoms with Gasteiger partial charge in [0.2, 0.25) is 0 Å². The van der Waals surface area contributed by atoms with Crippen LogP contribution in [0, 0.1) is 13.8 Å². The van der Waals surface area contributed by atoms with Crippen LogP contribution in [0.1, 0.15) is 62.8 Å². The van der Waals surface area contributed by atoms with Crippen LogP contribution in [0.4, 0.5) is 5.82 Å². The zero-order valence-corrected chi connectivity index (χ0v) is 25.0. The van der Waals surface area contributed by atoms with Crippen LogP contribution in [0.15, 0.2) is 48.5 Å². The van der Waals surface area contributed by atoms with E-state index >= 15 is 0 Å². The van der Waals surface area contributed by atoms with Crippen molar-refractivity contribution in [3.63, 3.8) is 0 Å². The average Bonchev–Trinajstić information content (AvgIpc) is 3.38. The van der Waals surface area contributed by atoms with Crippen LogP contribution in [-0.2, 0) is 16.0 Å². The van der Waals surface area contributed by atoms with Crippen molar-refractivity contribution in [2.24, 2.45) is 0 Å². The molecule has 8 heteroatoms. The first-order valence-electron chi connectivity index (χ1n) is 15.1. The Kier molecular flexibility index (Phi) is 7.66. The fraction of sp³-hybridized carbons (Fsp3) is 0.441. The Labute approximate surface area is 247 Å². The summed E-state index contributed by atoms with van der Waals surface area (Å²) < 4.78 is 14.8. The quantitative estimate of drug-likeness (QED) is 0.290. The molecule has 2 aromatic carbocycles. The number of aromatic nitrogens is 3. The summed E-state index contributed by atoms with van der Waals surface area (Å²) in [5, 5.41) is 14.8. The fourth-order valence-electron chi connectivity index (χ4n) is 6.24. The highest BCUT2D eigenvalue weighted by Gasteiger charge is 2.33. The molecule has 1 atom stereocenters. The number of ether oxygens (including phenoxy) is 2. The van der Waals surface area contributed by atoms with E-state index in [0.717, 1.165) is 91.4 Å². The SMILES string of the molecule is Cc1ccc2c(c1)-c1cccc(c1)-c1cc3nc(C)c(CC(=O)O)c(n3n1)N1CCC(C)(CC1)OCCCCC(C)O2. The number of hydrogen-bond acceptors (Lipinski definition) is 6. The summed E-state index contributed by atoms with van der Waals surface area (Å²) in [5.41, 5.74) is 6.98. The summed E-state index contributed by atoms with van der Waals surface area (Å²) in [6, 6.07) is 16.7. The molecule has 1 N–H and O–H groups in total. The molecule has 1 saturated heterocycles. The van der Waals surface area contributed by atoms with Crippen molar-refractivity contribution in [3.8, 4) is 28.1 Å². The molecule has 0 radical (unpaired) electrons. The molecule has 42 heavy (non-hydrogen) atoms. The number of rotatable bonds is 2. The smallest absolute Gasteiger partial charge is 0.308 e. The first-order valence-corrected chi connectivity index (χ1v) is 15.1. The van der Waals surface area contributed by atoms with Crippen LogP contribution in [-0.4, -0.2) is 57.1 Å². The van der Waals surface area contributed by atoms with Gasteiger partial charge in [-0.2, -0.15) is 9.61 Å². The monoisotopic (exact) mass is 568 g/mol. The Hall–Kier alpha value is -3.91. The van der Waals surface area contributed by atoms with Gasteiger partial charge in [0.15, 0.2) is 5.65 Å². The second-order valence-electron chi connectivity index (χ2n) is 12.2. The molecule has 220 valence electrons. The average molecular weight is 569 g/mol. The fourth-order valence-corrected chi connectivity index (χ4v) is 6.24. The normalized spacial score (nSPS) is 21.2. The van der Waals surface area contributed by atoms with Crippen molar-refractivity contribution < 1.29 is 19.4 Å². The van der Waals surface area contributed by atoms with Crippen LogP contribution in [0.25, 0.3) is 28.0 Å². The molecular weight excluding hydrogens is 528 g/mol. The summed E-state index contributed by atoms with van der Waals surface area (Å²) in [6.07, 6.45) is 4.68. The van der Waals surface area contributed by atoms with E-state index in [4.69, 9.17) is 19.6 Å². The van der Waals surface area contributed by atoms with Crippen LogP contribution in [0.5, 0.6) is 5.75 Å². The second kappa shape index (κ2) is 11.4. The van der Waals surface area contributed by atoms with Crippen LogP contribution in [0.2, 0.25) is 0 Å². The molecule has 4 aromatic rings. The molecule has 0 aliphatic carbocycles. The molecule has 1 unspecified atom stereocenters. The predicted octanol–water partition coefficient (Wildman–Crippen LogP) is 6.63. The Morgan fingerprint density at radius 1 is 1.07 bits per heavy atom. The number of aryl methyl sites for hydroxylation is 2. The van der Waals surface area contributed by atoms with Gasteiger partial charge in [-0.15, -0.1) is 0 Å². The number of fused-ring (bicyclic) bond motifs is 8. The first-order chi connectivity index (χ1) is 20.2. The number of aliphatic carboxylic acids is 1. The standard InChI is InChI=1S/C34H40N4O4/c1-22-11-12-30-28(18-22)25-9-7-10-26(19-25)29-21-31-35-24(3)27(20-32(39)40)33(38(31)36-29)37-15-13-34(4,14-16-37)41-17-6-5-8-23(2)42-30/h7,9-12,18-19,21,23H,5-6,8,13-17,20H2,1-4H3,(H,39,40). The molecule has 0 saturated carbocycles. The summed E-state index contributed by atoms with van der Waals surface area (Å²) >= 11 is 0. The van der Waals surface area contributed by atoms with E-state index in [1.54, 1.807) is 0 Å². The molecule has 7 rings (SSSR count). The Bertz CT molecular complexity index is 1620. The molecule has 8 nitrogen and oxygen atoms in total. The number of carboxylic acids is 1. The molecule has 3 aliphatic heterocycles. The van der Waals surface area contributed by atoms with Gasteiger partial charge < -0.3 is 19.5 Å². The highest BCUT2D eigenvalue weighted by atomic mass is 16.5. The van der Waals surface area contributed by atoms with Gasteiger partial charge in [0.05, 0.1) is 23.8 Å². The van der Waals surface area contributed by atoms with E-state index < -0.39 is 5.97 Å². The predicted molar refractivity (Wildman–Crippen MR) is 164 cm³/mol. The zero-order valence-electron chi connectivity index (χ0n) is 25.0. The van der Waals surface area contributed by atoms with Crippen LogP contribution >= 0.6 is 0 Å². The van der Waals surface area contributed by atoms with Crippen molar-refractivity contribution in [1.29, 1.82) is 0 Å². The van der Waals surface area contributed by atoms with Gasteiger partial charge >= 0.3 is 5.97 Å². The minimum atomic E-state index is -0.877. The molecule has 1 fully saturated rings. The van der Waals surface area contributed by atoms with E-state index in [1.807, 2.05) is 17.5 Å². The number of benzene rings is 2. The molecule has 0 spiro atoms. The maximum Gasteiger partial charge on any atom is 0.308 e. The van der Waals surface area contributed by atoms with E-state index in [9.17, 15) is 9.90 Å². The van der Waals surface area contributed by atoms with Gasteiger partial charge in [0, 0.05) is 48.1 Å². The van der Waals surface area contributed by atoms with E-state index in [2.05, 4.69) is 68.1 Å². The lowest BCUT2D eigenvalue weighted by Crippen LogP contribution is -2.45. The number of piperidine rings is 1. The number of nitrogens with zero attached hydrogens (tertiary/aromatic N) is 4. The van der Waals surface area contributed by atoms with Gasteiger partial charge in [-0.05, 0) is 83.6 Å². The van der Waals surface area contributed by atoms with Crippen LogP contribution in [0.3, 0.4) is 0 Å². The minimum absolute atomic E-state index is 0.0882. The Balaban J connectivity index is 1.50. The molecule has 5 heterocycles. The highest BCUT2D eigenvalue weighted by molar-refractivity contribution is 5.78. The van der Waals surface area contributed by atoms with Crippen molar-refractivity contribution in [1.82, 2.24) is 14.6 Å². The van der Waals surface area contributed by atoms with E-state index in [0.29, 0.717) is 11.2 Å². The Morgan fingerprint density at radius 2 is 1.86 bits per heavy atom. The number of hydrogen-bond donors (Lipinski definition) is 1. The lowest BCUT2D eigenvalue weighted by Gasteiger charge is -2.41. The summed E-state index contributed by atoms with van der Waals surface area (Å²) in [6.45, 7) is 10.6. The zero-order chi connectivity index (χ0) is 29.4. The summed E-state index contributed by atoms with van der Waals surface area (Å²) in [4.78, 5) is 19.0. The first kappa shape index (κ1) is 28.2. The van der Waals surface area contributed by atoms with E-state index in [-0.39, 0.29) is 18.1 Å². The minimum Gasteiger partial charge on any atom is -0.490 e. The summed E-state index contributed by atoms with van der Waals surface area (Å²) in [5.74, 6) is 0.821. The number of carboxylic acid groups (broad SMARTS) is 1. The highest BCUT2D eigenvalue weighted by Crippen LogP contribution is 2.37. The number of anilines is 1. The Morgan fingerprint density at radius 3 is 2.64 bits per heavy atom. The lowest BCUT2D eigenvalue weighted by atomic mass is 9.92. The molecule has 2 aromatic heterocycles.